The third kappa shape index (κ3) is 10.2. The molecule has 4 nitrogen and oxygen atoms in total. The van der Waals surface area contributed by atoms with Crippen LogP contribution in [0.15, 0.2) is 48.5 Å². The summed E-state index contributed by atoms with van der Waals surface area (Å²) in [6, 6.07) is 13.3. The van der Waals surface area contributed by atoms with Gasteiger partial charge in [-0.2, -0.15) is 0 Å². The van der Waals surface area contributed by atoms with Crippen molar-refractivity contribution in [1.82, 2.24) is 0 Å². The van der Waals surface area contributed by atoms with Gasteiger partial charge in [0.15, 0.2) is 17.7 Å². The van der Waals surface area contributed by atoms with Crippen LogP contribution in [-0.2, 0) is 0 Å². The second-order valence-corrected chi connectivity index (χ2v) is 9.64. The van der Waals surface area contributed by atoms with Gasteiger partial charge < -0.3 is 14.2 Å². The van der Waals surface area contributed by atoms with E-state index in [9.17, 15) is 13.6 Å². The van der Waals surface area contributed by atoms with Crippen LogP contribution >= 0.6 is 0 Å². The number of benzene rings is 2. The van der Waals surface area contributed by atoms with Gasteiger partial charge in [-0.3, -0.25) is 0 Å². The lowest BCUT2D eigenvalue weighted by atomic mass is 10.0. The van der Waals surface area contributed by atoms with Gasteiger partial charge in [0.25, 0.3) is 0 Å². The highest BCUT2D eigenvalue weighted by Crippen LogP contribution is 2.28. The van der Waals surface area contributed by atoms with Crippen molar-refractivity contribution in [3.05, 3.63) is 54.1 Å². The van der Waals surface area contributed by atoms with E-state index in [2.05, 4.69) is 6.92 Å². The molecule has 0 amide bonds. The number of unbranched alkanes of at least 4 members (excludes halogenated alkanes) is 7. The Morgan fingerprint density at radius 1 is 0.778 bits per heavy atom. The Morgan fingerprint density at radius 2 is 1.36 bits per heavy atom. The SMILES string of the molecule is CCCCCCCCCCOc1ccccc1OC(=O)c1ccc(O[C@H](C)[C@H](F)[C@@H](F)C(C)C)cc1. The van der Waals surface area contributed by atoms with Gasteiger partial charge in [0.1, 0.15) is 18.0 Å². The van der Waals surface area contributed by atoms with Crippen molar-refractivity contribution in [2.24, 2.45) is 5.92 Å². The molecule has 200 valence electrons. The summed E-state index contributed by atoms with van der Waals surface area (Å²) in [5, 5.41) is 0. The maximum Gasteiger partial charge on any atom is 0.343 e. The second-order valence-electron chi connectivity index (χ2n) is 9.64. The van der Waals surface area contributed by atoms with Gasteiger partial charge in [0, 0.05) is 0 Å². The summed E-state index contributed by atoms with van der Waals surface area (Å²) in [6.07, 6.45) is 5.44. The molecule has 0 aliphatic rings. The molecular weight excluding hydrogens is 462 g/mol. The molecule has 0 radical (unpaired) electrons. The molecule has 0 aliphatic carbocycles. The van der Waals surface area contributed by atoms with E-state index >= 15 is 0 Å². The van der Waals surface area contributed by atoms with Gasteiger partial charge >= 0.3 is 5.97 Å². The highest BCUT2D eigenvalue weighted by Gasteiger charge is 2.30. The van der Waals surface area contributed by atoms with E-state index < -0.39 is 30.3 Å². The Balaban J connectivity index is 1.83. The van der Waals surface area contributed by atoms with Crippen LogP contribution in [0.3, 0.4) is 0 Å². The Hall–Kier alpha value is -2.63. The highest BCUT2D eigenvalue weighted by atomic mass is 19.2. The second kappa shape index (κ2) is 16.2. The van der Waals surface area contributed by atoms with Gasteiger partial charge in [-0.15, -0.1) is 0 Å². The number of alkyl halides is 2. The molecule has 6 heteroatoms. The molecule has 0 saturated heterocycles. The van der Waals surface area contributed by atoms with Gasteiger partial charge in [-0.1, -0.05) is 77.8 Å². The fourth-order valence-electron chi connectivity index (χ4n) is 3.81. The first-order valence-corrected chi connectivity index (χ1v) is 13.3. The maximum absolute atomic E-state index is 14.2. The molecule has 0 spiro atoms. The smallest absolute Gasteiger partial charge is 0.343 e. The zero-order chi connectivity index (χ0) is 26.3. The van der Waals surface area contributed by atoms with Crippen molar-refractivity contribution in [3.63, 3.8) is 0 Å². The fraction of sp³-hybridized carbons (Fsp3) is 0.567. The standard InChI is InChI=1S/C30H42F2O4/c1-5-6-7-8-9-10-11-14-21-34-26-15-12-13-16-27(26)36-30(33)24-17-19-25(20-18-24)35-23(4)29(32)28(31)22(2)3/h12-13,15-20,22-23,28-29H,5-11,14,21H2,1-4H3/t23-,28+,29+/m1/s1. The summed E-state index contributed by atoms with van der Waals surface area (Å²) < 4.78 is 45.1. The molecule has 3 atom stereocenters. The zero-order valence-electron chi connectivity index (χ0n) is 22.2. The average Bonchev–Trinajstić information content (AvgIpc) is 2.88. The minimum atomic E-state index is -1.74. The first-order chi connectivity index (χ1) is 17.3. The minimum Gasteiger partial charge on any atom is -0.490 e. The van der Waals surface area contributed by atoms with Gasteiger partial charge in [0.05, 0.1) is 12.2 Å². The van der Waals surface area contributed by atoms with Crippen LogP contribution in [0.4, 0.5) is 8.78 Å². The van der Waals surface area contributed by atoms with Crippen LogP contribution in [0, 0.1) is 5.92 Å². The summed E-state index contributed by atoms with van der Waals surface area (Å²) in [5.74, 6) is 0.272. The van der Waals surface area contributed by atoms with Crippen molar-refractivity contribution in [2.45, 2.75) is 97.5 Å². The fourth-order valence-corrected chi connectivity index (χ4v) is 3.81. The van der Waals surface area contributed by atoms with E-state index in [1.807, 2.05) is 6.07 Å². The molecule has 2 aromatic carbocycles. The Labute approximate surface area is 215 Å². The molecule has 0 aromatic heterocycles. The van der Waals surface area contributed by atoms with E-state index in [1.165, 1.54) is 57.6 Å². The van der Waals surface area contributed by atoms with Crippen LogP contribution in [0.5, 0.6) is 17.2 Å². The predicted octanol–water partition coefficient (Wildman–Crippen LogP) is 8.52. The van der Waals surface area contributed by atoms with Crippen LogP contribution in [0.25, 0.3) is 0 Å². The zero-order valence-corrected chi connectivity index (χ0v) is 22.2. The van der Waals surface area contributed by atoms with Gasteiger partial charge in [-0.25, -0.2) is 13.6 Å². The molecule has 2 aromatic rings. The number of rotatable bonds is 17. The summed E-state index contributed by atoms with van der Waals surface area (Å²) in [4.78, 5) is 12.7. The first kappa shape index (κ1) is 29.6. The van der Waals surface area contributed by atoms with Gasteiger partial charge in [0.2, 0.25) is 0 Å². The van der Waals surface area contributed by atoms with Crippen molar-refractivity contribution in [3.8, 4) is 17.2 Å². The van der Waals surface area contributed by atoms with Crippen molar-refractivity contribution < 1.29 is 27.8 Å². The average molecular weight is 505 g/mol. The predicted molar refractivity (Wildman–Crippen MR) is 141 cm³/mol. The number of halogens is 2. The number of para-hydroxylation sites is 2. The first-order valence-electron chi connectivity index (χ1n) is 13.3. The molecule has 0 heterocycles. The highest BCUT2D eigenvalue weighted by molar-refractivity contribution is 5.91. The molecule has 2 rings (SSSR count). The molecule has 36 heavy (non-hydrogen) atoms. The molecule has 0 aliphatic heterocycles. The Bertz CT molecular complexity index is 885. The number of carbonyl (C=O) groups is 1. The summed E-state index contributed by atoms with van der Waals surface area (Å²) >= 11 is 0. The lowest BCUT2D eigenvalue weighted by Crippen LogP contribution is -2.36. The van der Waals surface area contributed by atoms with Crippen LogP contribution < -0.4 is 14.2 Å². The number of hydrogen-bond acceptors (Lipinski definition) is 4. The summed E-state index contributed by atoms with van der Waals surface area (Å²) in [6.45, 7) is 7.54. The largest absolute Gasteiger partial charge is 0.490 e. The van der Waals surface area contributed by atoms with E-state index in [-0.39, 0.29) is 0 Å². The van der Waals surface area contributed by atoms with Crippen LogP contribution in [0.1, 0.15) is 89.4 Å². The normalized spacial score (nSPS) is 13.8. The third-order valence-corrected chi connectivity index (χ3v) is 6.11. The maximum atomic E-state index is 14.2. The topological polar surface area (TPSA) is 44.8 Å². The van der Waals surface area contributed by atoms with Crippen molar-refractivity contribution in [1.29, 1.82) is 0 Å². The molecule has 0 saturated carbocycles. The number of esters is 1. The Kier molecular flexibility index (Phi) is 13.3. The van der Waals surface area contributed by atoms with Gasteiger partial charge in [-0.05, 0) is 55.7 Å². The molecule has 0 fully saturated rings. The van der Waals surface area contributed by atoms with Crippen molar-refractivity contribution in [2.75, 3.05) is 6.61 Å². The lowest BCUT2D eigenvalue weighted by Gasteiger charge is -2.23. The van der Waals surface area contributed by atoms with Crippen LogP contribution in [-0.4, -0.2) is 31.0 Å². The number of ether oxygens (including phenoxy) is 3. The van der Waals surface area contributed by atoms with E-state index in [0.29, 0.717) is 29.4 Å². The minimum absolute atomic E-state index is 0.315. The van der Waals surface area contributed by atoms with Crippen molar-refractivity contribution >= 4 is 5.97 Å². The molecule has 0 unspecified atom stereocenters. The molecule has 0 N–H and O–H groups in total. The van der Waals surface area contributed by atoms with E-state index in [4.69, 9.17) is 14.2 Å². The van der Waals surface area contributed by atoms with E-state index in [1.54, 1.807) is 44.2 Å². The number of carbonyl (C=O) groups excluding carboxylic acids is 1. The molecular formula is C30H42F2O4. The Morgan fingerprint density at radius 3 is 1.97 bits per heavy atom. The molecule has 0 bridgehead atoms. The number of hydrogen-bond donors (Lipinski definition) is 0. The van der Waals surface area contributed by atoms with Crippen LogP contribution in [0.2, 0.25) is 0 Å². The quantitative estimate of drug-likeness (QED) is 0.123. The monoisotopic (exact) mass is 504 g/mol. The summed E-state index contributed by atoms with van der Waals surface area (Å²) in [7, 11) is 0. The lowest BCUT2D eigenvalue weighted by molar-refractivity contribution is 0.0337. The van der Waals surface area contributed by atoms with E-state index in [0.717, 1.165) is 12.8 Å². The third-order valence-electron chi connectivity index (χ3n) is 6.11. The summed E-state index contributed by atoms with van der Waals surface area (Å²) in [5.41, 5.74) is 0.315.